The quantitative estimate of drug-likeness (QED) is 0.359. The van der Waals surface area contributed by atoms with Crippen molar-refractivity contribution in [1.82, 2.24) is 15.3 Å². The van der Waals surface area contributed by atoms with E-state index in [-0.39, 0.29) is 10.7 Å². The molecule has 1 aromatic heterocycles. The molecule has 3 N–H and O–H groups in total. The zero-order chi connectivity index (χ0) is 20.4. The minimum atomic E-state index is -0.436. The number of aromatic nitrogens is 2. The Bertz CT molecular complexity index is 1190. The Kier molecular flexibility index (Phi) is 5.49. The third-order valence-electron chi connectivity index (χ3n) is 4.21. The number of hydrogen-bond acceptors (Lipinski definition) is 3. The van der Waals surface area contributed by atoms with E-state index in [1.807, 2.05) is 48.5 Å². The molecule has 0 spiro atoms. The Morgan fingerprint density at radius 3 is 2.52 bits per heavy atom. The molecule has 0 bridgehead atoms. The molecule has 0 unspecified atom stereocenters. The number of para-hydroxylation sites is 2. The van der Waals surface area contributed by atoms with Gasteiger partial charge in [-0.2, -0.15) is 0 Å². The van der Waals surface area contributed by atoms with Gasteiger partial charge >= 0.3 is 0 Å². The van der Waals surface area contributed by atoms with Crippen molar-refractivity contribution >= 4 is 63.2 Å². The lowest BCUT2D eigenvalue weighted by Crippen LogP contribution is -2.34. The number of hydrogen-bond donors (Lipinski definition) is 3. The summed E-state index contributed by atoms with van der Waals surface area (Å²) in [6.45, 7) is 0. The van der Waals surface area contributed by atoms with Crippen LogP contribution in [0.5, 0.6) is 0 Å². The molecule has 29 heavy (non-hydrogen) atoms. The van der Waals surface area contributed by atoms with Crippen molar-refractivity contribution in [2.75, 3.05) is 5.32 Å². The van der Waals surface area contributed by atoms with E-state index in [1.54, 1.807) is 12.1 Å². The zero-order valence-electron chi connectivity index (χ0n) is 14.9. The average molecular weight is 441 g/mol. The summed E-state index contributed by atoms with van der Waals surface area (Å²) in [5.41, 5.74) is 3.81. The maximum atomic E-state index is 12.3. The third kappa shape index (κ3) is 4.40. The number of imidazole rings is 1. The van der Waals surface area contributed by atoms with Crippen molar-refractivity contribution in [2.45, 2.75) is 0 Å². The van der Waals surface area contributed by atoms with Crippen molar-refractivity contribution in [3.63, 3.8) is 0 Å². The molecule has 0 saturated heterocycles. The minimum absolute atomic E-state index is 0.155. The maximum Gasteiger partial charge on any atom is 0.258 e. The number of halogens is 2. The van der Waals surface area contributed by atoms with E-state index < -0.39 is 5.91 Å². The molecule has 0 saturated carbocycles. The number of thiocarbonyl (C=S) groups is 1. The van der Waals surface area contributed by atoms with Gasteiger partial charge < -0.3 is 10.3 Å². The molecular weight excluding hydrogens is 427 g/mol. The van der Waals surface area contributed by atoms with Crippen LogP contribution >= 0.6 is 35.4 Å². The normalized spacial score (nSPS) is 10.7. The van der Waals surface area contributed by atoms with Crippen molar-refractivity contribution in [2.24, 2.45) is 0 Å². The molecule has 5 nitrogen and oxygen atoms in total. The minimum Gasteiger partial charge on any atom is -0.338 e. The van der Waals surface area contributed by atoms with Crippen LogP contribution in [0.4, 0.5) is 5.69 Å². The molecule has 0 aliphatic heterocycles. The molecule has 4 aromatic rings. The lowest BCUT2D eigenvalue weighted by Gasteiger charge is -2.11. The summed E-state index contributed by atoms with van der Waals surface area (Å²) in [4.78, 5) is 20.2. The van der Waals surface area contributed by atoms with E-state index in [4.69, 9.17) is 35.4 Å². The van der Waals surface area contributed by atoms with Crippen molar-refractivity contribution in [3.8, 4) is 11.4 Å². The highest BCUT2D eigenvalue weighted by molar-refractivity contribution is 7.80. The SMILES string of the molecule is O=C(NC(=S)Nc1ccc(-c2nc3ccccc3[nH]2)cc1)c1cc(Cl)ccc1Cl. The first kappa shape index (κ1) is 19.4. The van der Waals surface area contributed by atoms with Crippen LogP contribution in [0.2, 0.25) is 10.0 Å². The van der Waals surface area contributed by atoms with Gasteiger partial charge in [-0.3, -0.25) is 10.1 Å². The number of nitrogens with zero attached hydrogens (tertiary/aromatic N) is 1. The Balaban J connectivity index is 1.43. The van der Waals surface area contributed by atoms with Gasteiger partial charge in [0.05, 0.1) is 21.6 Å². The van der Waals surface area contributed by atoms with Gasteiger partial charge in [-0.15, -0.1) is 0 Å². The maximum absolute atomic E-state index is 12.3. The highest BCUT2D eigenvalue weighted by atomic mass is 35.5. The van der Waals surface area contributed by atoms with Crippen molar-refractivity contribution in [1.29, 1.82) is 0 Å². The molecule has 144 valence electrons. The smallest absolute Gasteiger partial charge is 0.258 e. The Hall–Kier alpha value is -2.93. The average Bonchev–Trinajstić information content (AvgIpc) is 3.14. The van der Waals surface area contributed by atoms with Crippen LogP contribution in [0.1, 0.15) is 10.4 Å². The van der Waals surface area contributed by atoms with Gasteiger partial charge in [0.1, 0.15) is 5.82 Å². The molecule has 3 aromatic carbocycles. The van der Waals surface area contributed by atoms with Crippen molar-refractivity contribution in [3.05, 3.63) is 82.3 Å². The molecule has 0 atom stereocenters. The number of amides is 1. The number of nitrogens with one attached hydrogen (secondary N) is 3. The van der Waals surface area contributed by atoms with Gasteiger partial charge in [0.15, 0.2) is 5.11 Å². The van der Waals surface area contributed by atoms with E-state index in [2.05, 4.69) is 20.6 Å². The molecule has 1 heterocycles. The lowest BCUT2D eigenvalue weighted by atomic mass is 10.2. The molecule has 0 fully saturated rings. The molecule has 0 aliphatic carbocycles. The first-order chi connectivity index (χ1) is 14.0. The monoisotopic (exact) mass is 440 g/mol. The summed E-state index contributed by atoms with van der Waals surface area (Å²) < 4.78 is 0. The number of aromatic amines is 1. The van der Waals surface area contributed by atoms with Gasteiger partial charge in [0.2, 0.25) is 0 Å². The molecule has 0 aliphatic rings. The van der Waals surface area contributed by atoms with Crippen LogP contribution in [0.3, 0.4) is 0 Å². The second-order valence-corrected chi connectivity index (χ2v) is 7.46. The largest absolute Gasteiger partial charge is 0.338 e. The number of carbonyl (C=O) groups excluding carboxylic acids is 1. The Morgan fingerprint density at radius 1 is 1.00 bits per heavy atom. The molecule has 4 rings (SSSR count). The topological polar surface area (TPSA) is 69.8 Å². The van der Waals surface area contributed by atoms with Crippen LogP contribution in [0.15, 0.2) is 66.7 Å². The van der Waals surface area contributed by atoms with Crippen LogP contribution in [0.25, 0.3) is 22.4 Å². The summed E-state index contributed by atoms with van der Waals surface area (Å²) in [6, 6.07) is 20.1. The number of anilines is 1. The lowest BCUT2D eigenvalue weighted by molar-refractivity contribution is 0.0978. The fourth-order valence-electron chi connectivity index (χ4n) is 2.81. The van der Waals surface area contributed by atoms with Gasteiger partial charge in [-0.05, 0) is 66.8 Å². The van der Waals surface area contributed by atoms with Gasteiger partial charge in [-0.1, -0.05) is 35.3 Å². The van der Waals surface area contributed by atoms with E-state index in [9.17, 15) is 4.79 Å². The number of fused-ring (bicyclic) bond motifs is 1. The van der Waals surface area contributed by atoms with Crippen LogP contribution in [0, 0.1) is 0 Å². The van der Waals surface area contributed by atoms with Gasteiger partial charge in [0, 0.05) is 16.3 Å². The highest BCUT2D eigenvalue weighted by Gasteiger charge is 2.13. The Morgan fingerprint density at radius 2 is 1.76 bits per heavy atom. The summed E-state index contributed by atoms with van der Waals surface area (Å²) in [5.74, 6) is 0.345. The van der Waals surface area contributed by atoms with Crippen molar-refractivity contribution < 1.29 is 4.79 Å². The number of carbonyl (C=O) groups is 1. The summed E-state index contributed by atoms with van der Waals surface area (Å²) in [6.07, 6.45) is 0. The molecule has 0 radical (unpaired) electrons. The van der Waals surface area contributed by atoms with E-state index in [0.29, 0.717) is 10.0 Å². The van der Waals surface area contributed by atoms with E-state index >= 15 is 0 Å². The fraction of sp³-hybridized carbons (Fsp3) is 0. The second-order valence-electron chi connectivity index (χ2n) is 6.21. The third-order valence-corrected chi connectivity index (χ3v) is 4.97. The number of H-pyrrole nitrogens is 1. The zero-order valence-corrected chi connectivity index (χ0v) is 17.2. The van der Waals surface area contributed by atoms with E-state index in [1.165, 1.54) is 6.07 Å². The fourth-order valence-corrected chi connectivity index (χ4v) is 3.39. The highest BCUT2D eigenvalue weighted by Crippen LogP contribution is 2.23. The van der Waals surface area contributed by atoms with Crippen LogP contribution < -0.4 is 10.6 Å². The predicted octanol–water partition coefficient (Wildman–Crippen LogP) is 5.66. The standard InChI is InChI=1S/C21H14Cl2N4OS/c22-13-7-10-16(23)15(11-13)20(28)27-21(29)24-14-8-5-12(6-9-14)19-25-17-3-1-2-4-18(17)26-19/h1-11H,(H,25,26)(H2,24,27,28,29). The number of benzene rings is 3. The second kappa shape index (κ2) is 8.21. The summed E-state index contributed by atoms with van der Waals surface area (Å²) >= 11 is 17.2. The van der Waals surface area contributed by atoms with Crippen LogP contribution in [-0.2, 0) is 0 Å². The molecular formula is C21H14Cl2N4OS. The van der Waals surface area contributed by atoms with Crippen LogP contribution in [-0.4, -0.2) is 21.0 Å². The number of rotatable bonds is 3. The van der Waals surface area contributed by atoms with Gasteiger partial charge in [-0.25, -0.2) is 4.98 Å². The molecule has 1 amide bonds. The first-order valence-electron chi connectivity index (χ1n) is 8.62. The molecule has 8 heteroatoms. The summed E-state index contributed by atoms with van der Waals surface area (Å²) in [5, 5.41) is 6.44. The van der Waals surface area contributed by atoms with Gasteiger partial charge in [0.25, 0.3) is 5.91 Å². The predicted molar refractivity (Wildman–Crippen MR) is 122 cm³/mol. The first-order valence-corrected chi connectivity index (χ1v) is 9.78. The summed E-state index contributed by atoms with van der Waals surface area (Å²) in [7, 11) is 0. The Labute approximate surface area is 182 Å². The van der Waals surface area contributed by atoms with E-state index in [0.717, 1.165) is 28.1 Å².